The summed E-state index contributed by atoms with van der Waals surface area (Å²) in [5.74, 6) is -2.73. The van der Waals surface area contributed by atoms with Crippen LogP contribution >= 0.6 is 82.8 Å². The zero-order valence-electron chi connectivity index (χ0n) is 71.1. The van der Waals surface area contributed by atoms with Gasteiger partial charge in [0.1, 0.15) is 68.1 Å². The van der Waals surface area contributed by atoms with E-state index in [1.165, 1.54) is 98.1 Å². The molecule has 1 heterocycles. The molecule has 2 amide bonds. The van der Waals surface area contributed by atoms with Gasteiger partial charge in [0, 0.05) is 131 Å². The number of esters is 1. The predicted molar refractivity (Wildman–Crippen MR) is 493 cm³/mol. The van der Waals surface area contributed by atoms with Gasteiger partial charge >= 0.3 is 35.5 Å². The molecule has 671 valence electrons. The number of methoxy groups -OCH3 is 1. The van der Waals surface area contributed by atoms with Crippen LogP contribution in [0.15, 0.2) is 123 Å². The molecule has 0 aliphatic carbocycles. The van der Waals surface area contributed by atoms with Gasteiger partial charge in [-0.2, -0.15) is 4.42 Å². The summed E-state index contributed by atoms with van der Waals surface area (Å²) in [6, 6.07) is 31.4. The molecule has 1 aliphatic heterocycles. The minimum atomic E-state index is -1.11. The van der Waals surface area contributed by atoms with Crippen LogP contribution in [0.25, 0.3) is 0 Å². The number of aliphatic hydroxyl groups is 2. The van der Waals surface area contributed by atoms with Crippen LogP contribution in [0.5, 0.6) is 0 Å². The fourth-order valence-electron chi connectivity index (χ4n) is 8.23. The molecule has 1 aliphatic rings. The molecule has 17 nitrogen and oxygen atoms in total. The third-order valence-electron chi connectivity index (χ3n) is 15.1. The molecule has 1 saturated heterocycles. The predicted octanol–water partition coefficient (Wildman–Crippen LogP) is 21.4. The van der Waals surface area contributed by atoms with Gasteiger partial charge in [-0.05, 0) is 166 Å². The van der Waals surface area contributed by atoms with E-state index in [1.54, 1.807) is 24.3 Å². The molecule has 0 atom stereocenters. The monoisotopic (exact) mass is 2030 g/mol. The number of amides is 2. The van der Waals surface area contributed by atoms with Gasteiger partial charge in [-0.25, -0.2) is 31.1 Å². The van der Waals surface area contributed by atoms with Crippen molar-refractivity contribution in [2.75, 3.05) is 73.4 Å². The molecular formula is C83H130BBr3Cl3F6NNaO16Si5. The Morgan fingerprint density at radius 2 is 0.714 bits per heavy atom. The smallest absolute Gasteiger partial charge is 1.00 e. The number of aldehydes is 1. The molecule has 2 N–H and O–H groups in total. The maximum atomic E-state index is 13.2. The van der Waals surface area contributed by atoms with Crippen molar-refractivity contribution in [1.29, 1.82) is 0 Å². The van der Waals surface area contributed by atoms with E-state index in [1.807, 2.05) is 0 Å². The molecule has 0 saturated carbocycles. The Labute approximate surface area is 777 Å². The van der Waals surface area contributed by atoms with Gasteiger partial charge in [0.2, 0.25) is 11.8 Å². The van der Waals surface area contributed by atoms with Gasteiger partial charge in [0.25, 0.3) is 0 Å². The van der Waals surface area contributed by atoms with Crippen molar-refractivity contribution in [3.63, 3.8) is 0 Å². The van der Waals surface area contributed by atoms with Crippen LogP contribution in [0.4, 0.5) is 26.3 Å². The van der Waals surface area contributed by atoms with E-state index >= 15 is 0 Å². The van der Waals surface area contributed by atoms with Crippen molar-refractivity contribution in [1.82, 2.24) is 4.42 Å². The number of aliphatic hydroxyl groups excluding tert-OH is 2. The Morgan fingerprint density at radius 3 is 1.03 bits per heavy atom. The molecule has 7 rings (SSSR count). The van der Waals surface area contributed by atoms with Gasteiger partial charge in [-0.1, -0.05) is 192 Å². The number of hydrogen-bond donors (Lipinski definition) is 2. The number of halogens is 12. The topological polar surface area (TPSA) is 204 Å². The van der Waals surface area contributed by atoms with Crippen molar-refractivity contribution in [2.24, 2.45) is 0 Å². The second-order valence-electron chi connectivity index (χ2n) is 31.5. The van der Waals surface area contributed by atoms with Gasteiger partial charge < -0.3 is 59.0 Å². The minimum Gasteiger partial charge on any atom is -1.00 e. The van der Waals surface area contributed by atoms with Crippen LogP contribution in [0.3, 0.4) is 0 Å². The Morgan fingerprint density at radius 1 is 0.429 bits per heavy atom. The fourth-order valence-corrected chi connectivity index (χ4v) is 13.6. The molecule has 6 aromatic rings. The van der Waals surface area contributed by atoms with E-state index in [-0.39, 0.29) is 163 Å². The first kappa shape index (κ1) is 127. The van der Waals surface area contributed by atoms with Crippen LogP contribution in [0.2, 0.25) is 128 Å². The fraction of sp³-hybridized carbons (Fsp3) is 0.518. The number of imide groups is 1. The molecule has 36 heteroatoms. The third kappa shape index (κ3) is 67.2. The van der Waals surface area contributed by atoms with Gasteiger partial charge in [-0.3, -0.25) is 14.4 Å². The number of carbonyl (C=O) groups excluding carboxylic acids is 4. The molecule has 6 aromatic carbocycles. The van der Waals surface area contributed by atoms with Crippen LogP contribution in [0, 0.1) is 34.9 Å². The van der Waals surface area contributed by atoms with Crippen LogP contribution in [-0.2, 0) is 102 Å². The largest absolute Gasteiger partial charge is 1.00 e. The average Bonchev–Trinajstić information content (AvgIpc) is 1.08. The first-order chi connectivity index (χ1) is 53.3. The first-order valence-electron chi connectivity index (χ1n) is 36.6. The Hall–Kier alpha value is -2.80. The van der Waals surface area contributed by atoms with Crippen molar-refractivity contribution < 1.29 is 134 Å². The summed E-state index contributed by atoms with van der Waals surface area (Å²) in [4.78, 5) is 42.5. The van der Waals surface area contributed by atoms with E-state index in [0.29, 0.717) is 86.9 Å². The molecule has 3 radical (unpaired) electrons. The second kappa shape index (κ2) is 70.3. The molecule has 119 heavy (non-hydrogen) atoms. The van der Waals surface area contributed by atoms with Gasteiger partial charge in [0.05, 0.1) is 52.3 Å². The zero-order chi connectivity index (χ0) is 86.7. The summed E-state index contributed by atoms with van der Waals surface area (Å²) in [6.07, 6.45) is 1.14. The third-order valence-corrected chi connectivity index (χ3v) is 26.8. The number of ether oxygens (including phenoxy) is 10. The van der Waals surface area contributed by atoms with Crippen LogP contribution < -0.4 is 29.6 Å². The summed E-state index contributed by atoms with van der Waals surface area (Å²) in [5.41, 5.74) is 5.48. The van der Waals surface area contributed by atoms with Crippen LogP contribution in [0.1, 0.15) is 96.2 Å². The first-order valence-corrected chi connectivity index (χ1v) is 58.9. The summed E-state index contributed by atoms with van der Waals surface area (Å²) in [6.45, 7) is 39.7. The van der Waals surface area contributed by atoms with Crippen molar-refractivity contribution in [3.05, 3.63) is 208 Å². The Kier molecular flexibility index (Phi) is 75.0. The molecule has 0 bridgehead atoms. The van der Waals surface area contributed by atoms with E-state index in [4.69, 9.17) is 87.8 Å². The van der Waals surface area contributed by atoms with E-state index < -0.39 is 58.0 Å². The number of benzene rings is 6. The van der Waals surface area contributed by atoms with Crippen LogP contribution in [-0.4, -0.2) is 161 Å². The Balaban J connectivity index is -0.000000246. The summed E-state index contributed by atoms with van der Waals surface area (Å²) >= 11 is 25.9. The normalized spacial score (nSPS) is 11.5. The number of nitrogens with zero attached hydrogens (tertiary/aromatic N) is 1. The zero-order valence-corrected chi connectivity index (χ0v) is 84.1. The second-order valence-corrected chi connectivity index (χ2v) is 63.0. The standard InChI is InChI=1S/C15H23FO4Si.C14H22ClFO2Si.C14H23FO3Si.C13H20BrFO2Si.C7H6BrFO.C7H4BrFO.C6H15ClOSi.C4H4ClNO2.3CH4.B.Na.H/c1-18-15(17)14-6-5-13(16)9-12(14)10-20-11-19-7-8-21(2,3)4;1-19(2,3)7-6-17-11-18-10-13-8-14(16)5-4-12(13)9-15;1-19(2,3)7-6-17-11-18-10-13-8-14(15)5-4-12(13)9-16;1-18(2,3)7-6-16-10-17-9-11-8-12(15)4-5-13(11)14;2*8-7-2-1-6(9)3-5(7)4-10;1-9(2,3)5-4-8-6-7;5-6-3(7)1-2-4(6)8;;;;;;/h5-6,9H,7-8,10-11H2,1-4H3;4-5,8H,6-7,9-11H2,1-3H3;4-5,8,16H,6-7,9-11H2,1-3H3;4-5,8H,6-7,9-10H2,1-3H3;1-3,10H,4H2;1-4H;4-6H2,1-3H3;1-2H2;3*1H4;;;/q;;;;;;;;;;;;+1;-1. The SMILES string of the molecule is C.C.C.COC(=O)c1ccc(F)cc1COCOCC[Si](C)(C)C.C[Si](C)(C)CCOCCl.C[Si](C)(C)CCOCOCc1cc(F)ccc1Br.C[Si](C)(C)CCOCOCc1cc(F)ccc1CCl.C[Si](C)(C)CCOCOCc1cc(F)ccc1CO.O=C1CCC(=O)N1Cl.O=Cc1cc(F)ccc1Br.OCc1cc(F)ccc1Br.[B].[H-].[Na+]. The molecule has 0 aromatic heterocycles. The van der Waals surface area contributed by atoms with Crippen molar-refractivity contribution in [2.45, 2.75) is 209 Å². The summed E-state index contributed by atoms with van der Waals surface area (Å²) in [7, 11) is -3.85. The molecular weight excluding hydrogens is 1900 g/mol. The van der Waals surface area contributed by atoms with Crippen molar-refractivity contribution >= 4 is 156 Å². The van der Waals surface area contributed by atoms with Gasteiger partial charge in [-0.15, -0.1) is 11.6 Å². The maximum absolute atomic E-state index is 13.2. The molecule has 1 fully saturated rings. The minimum absolute atomic E-state index is 0. The quantitative estimate of drug-likeness (QED) is 0.00428. The van der Waals surface area contributed by atoms with Gasteiger partial charge in [0.15, 0.2) is 6.29 Å². The molecule has 0 spiro atoms. The number of rotatable bonds is 37. The van der Waals surface area contributed by atoms with E-state index in [9.17, 15) is 45.5 Å². The summed E-state index contributed by atoms with van der Waals surface area (Å²) < 4.78 is 133. The van der Waals surface area contributed by atoms with E-state index in [0.717, 1.165) is 69.6 Å². The Bertz CT molecular complexity index is 3670. The van der Waals surface area contributed by atoms with Crippen molar-refractivity contribution in [3.8, 4) is 0 Å². The number of alkyl halides is 2. The average molecular weight is 2030 g/mol. The molecule has 0 unspecified atom stereocenters. The van der Waals surface area contributed by atoms with E-state index in [2.05, 4.69) is 151 Å². The number of hydrogen-bond acceptors (Lipinski definition) is 16. The summed E-state index contributed by atoms with van der Waals surface area (Å²) in [5, 5.41) is 17.8. The number of carbonyl (C=O) groups is 4. The maximum Gasteiger partial charge on any atom is 1.00 e.